The van der Waals surface area contributed by atoms with E-state index in [1.54, 1.807) is 32.9 Å². The minimum absolute atomic E-state index is 0.0285. The number of carbonyl (C=O) groups is 1. The zero-order chi connectivity index (χ0) is 19.3. The minimum atomic E-state index is -3.88. The van der Waals surface area contributed by atoms with Crippen molar-refractivity contribution >= 4 is 16.2 Å². The number of ether oxygens (including phenoxy) is 1. The molecule has 6 nitrogen and oxygen atoms in total. The lowest BCUT2D eigenvalue weighted by Gasteiger charge is -2.26. The van der Waals surface area contributed by atoms with Gasteiger partial charge in [-0.05, 0) is 45.7 Å². The van der Waals surface area contributed by atoms with Crippen molar-refractivity contribution in [3.8, 4) is 0 Å². The first-order valence-electron chi connectivity index (χ1n) is 8.40. The van der Waals surface area contributed by atoms with Crippen molar-refractivity contribution in [2.24, 2.45) is 5.92 Å². The normalized spacial score (nSPS) is 14.6. The number of hydrogen-bond donors (Lipinski definition) is 1. The molecule has 1 aromatic carbocycles. The van der Waals surface area contributed by atoms with Gasteiger partial charge >= 0.3 is 6.09 Å². The van der Waals surface area contributed by atoms with Crippen LogP contribution < -0.4 is 5.32 Å². The van der Waals surface area contributed by atoms with E-state index in [1.807, 2.05) is 20.8 Å². The van der Waals surface area contributed by atoms with E-state index in [0.29, 0.717) is 0 Å². The number of hydrogen-bond acceptors (Lipinski definition) is 5. The fourth-order valence-electron chi connectivity index (χ4n) is 2.03. The van der Waals surface area contributed by atoms with Crippen molar-refractivity contribution in [1.29, 1.82) is 0 Å². The lowest BCUT2D eigenvalue weighted by Crippen LogP contribution is -2.45. The van der Waals surface area contributed by atoms with Crippen LogP contribution in [0.2, 0.25) is 0 Å². The van der Waals surface area contributed by atoms with Gasteiger partial charge in [-0.1, -0.05) is 38.0 Å². The smallest absolute Gasteiger partial charge is 0.407 e. The fraction of sp³-hybridized carbons (Fsp3) is 0.611. The molecule has 0 heterocycles. The lowest BCUT2D eigenvalue weighted by molar-refractivity contribution is 0.0465. The molecule has 0 saturated heterocycles. The maximum atomic E-state index is 12.3. The molecular formula is C18H29NO5S. The summed E-state index contributed by atoms with van der Waals surface area (Å²) < 4.78 is 35.0. The monoisotopic (exact) mass is 371 g/mol. The Labute approximate surface area is 151 Å². The highest BCUT2D eigenvalue weighted by molar-refractivity contribution is 7.86. The van der Waals surface area contributed by atoms with E-state index >= 15 is 0 Å². The van der Waals surface area contributed by atoms with Crippen LogP contribution in [-0.2, 0) is 19.0 Å². The average Bonchev–Trinajstić information content (AvgIpc) is 2.49. The van der Waals surface area contributed by atoms with E-state index in [2.05, 4.69) is 5.32 Å². The molecule has 0 aliphatic carbocycles. The van der Waals surface area contributed by atoms with Gasteiger partial charge in [0, 0.05) is 0 Å². The third-order valence-corrected chi connectivity index (χ3v) is 5.04. The number of benzene rings is 1. The van der Waals surface area contributed by atoms with Gasteiger partial charge in [-0.2, -0.15) is 8.42 Å². The summed E-state index contributed by atoms with van der Waals surface area (Å²) in [6, 6.07) is 5.96. The molecular weight excluding hydrogens is 342 g/mol. The molecule has 0 aliphatic heterocycles. The molecule has 0 bridgehead atoms. The lowest BCUT2D eigenvalue weighted by atomic mass is 10.0. The molecule has 142 valence electrons. The van der Waals surface area contributed by atoms with E-state index in [-0.39, 0.29) is 17.4 Å². The molecule has 1 unspecified atom stereocenters. The molecule has 1 rings (SSSR count). The van der Waals surface area contributed by atoms with Crippen LogP contribution in [0.25, 0.3) is 0 Å². The van der Waals surface area contributed by atoms with Crippen molar-refractivity contribution in [2.45, 2.75) is 64.5 Å². The summed E-state index contributed by atoms with van der Waals surface area (Å²) in [4.78, 5) is 12.1. The molecule has 0 spiro atoms. The molecule has 0 radical (unpaired) electrons. The predicted octanol–water partition coefficient (Wildman–Crippen LogP) is 3.64. The Morgan fingerprint density at radius 1 is 1.20 bits per heavy atom. The Morgan fingerprint density at radius 3 is 2.24 bits per heavy atom. The van der Waals surface area contributed by atoms with E-state index in [1.165, 1.54) is 12.1 Å². The van der Waals surface area contributed by atoms with Gasteiger partial charge in [-0.25, -0.2) is 4.79 Å². The van der Waals surface area contributed by atoms with Gasteiger partial charge in [-0.3, -0.25) is 4.18 Å². The molecule has 7 heteroatoms. The molecule has 0 aromatic heterocycles. The number of carbonyl (C=O) groups excluding carboxylic acids is 1. The van der Waals surface area contributed by atoms with Crippen LogP contribution in [0.3, 0.4) is 0 Å². The Hall–Kier alpha value is -1.60. The summed E-state index contributed by atoms with van der Waals surface area (Å²) in [5.41, 5.74) is 0.335. The topological polar surface area (TPSA) is 81.7 Å². The summed E-state index contributed by atoms with van der Waals surface area (Å²) in [5, 5.41) is 2.71. The quantitative estimate of drug-likeness (QED) is 0.740. The van der Waals surface area contributed by atoms with Crippen molar-refractivity contribution < 1.29 is 22.1 Å². The van der Waals surface area contributed by atoms with E-state index in [9.17, 15) is 13.2 Å². The van der Waals surface area contributed by atoms with Gasteiger partial charge in [0.15, 0.2) is 0 Å². The van der Waals surface area contributed by atoms with E-state index < -0.39 is 27.9 Å². The van der Waals surface area contributed by atoms with Crippen LogP contribution in [0.15, 0.2) is 29.2 Å². The number of rotatable bonds is 7. The highest BCUT2D eigenvalue weighted by Gasteiger charge is 2.25. The van der Waals surface area contributed by atoms with E-state index in [4.69, 9.17) is 8.92 Å². The van der Waals surface area contributed by atoms with Gasteiger partial charge in [0.05, 0.1) is 17.5 Å². The first-order valence-corrected chi connectivity index (χ1v) is 9.81. The summed E-state index contributed by atoms with van der Waals surface area (Å²) in [6.07, 6.45) is 0.170. The molecule has 25 heavy (non-hydrogen) atoms. The summed E-state index contributed by atoms with van der Waals surface area (Å²) in [6.45, 7) is 10.9. The van der Waals surface area contributed by atoms with Crippen LogP contribution in [0.1, 0.15) is 46.6 Å². The Morgan fingerprint density at radius 2 is 1.76 bits per heavy atom. The summed E-state index contributed by atoms with van der Waals surface area (Å²) in [7, 11) is -3.88. The van der Waals surface area contributed by atoms with E-state index in [0.717, 1.165) is 12.0 Å². The Balaban J connectivity index is 2.78. The van der Waals surface area contributed by atoms with Crippen LogP contribution in [0.5, 0.6) is 0 Å². The van der Waals surface area contributed by atoms with Crippen LogP contribution in [0, 0.1) is 12.8 Å². The molecule has 0 aliphatic rings. The Bertz CT molecular complexity index is 662. The molecule has 0 saturated carbocycles. The van der Waals surface area contributed by atoms with Crippen molar-refractivity contribution in [3.05, 3.63) is 29.8 Å². The number of aryl methyl sites for hydroxylation is 1. The zero-order valence-corrected chi connectivity index (χ0v) is 16.6. The third kappa shape index (κ3) is 7.44. The van der Waals surface area contributed by atoms with Gasteiger partial charge < -0.3 is 10.1 Å². The maximum absolute atomic E-state index is 12.3. The SMILES string of the molecule is CCC(C)[C@@H](COS(=O)(=O)c1ccc(C)cc1)NC(=O)OC(C)(C)C. The number of amides is 1. The standard InChI is InChI=1S/C18H29NO5S/c1-7-14(3)16(19-17(20)24-18(4,5)6)12-23-25(21,22)15-10-8-13(2)9-11-15/h8-11,14,16H,7,12H2,1-6H3,(H,19,20)/t14?,16-/m1/s1. The zero-order valence-electron chi connectivity index (χ0n) is 15.8. The number of nitrogens with one attached hydrogen (secondary N) is 1. The molecule has 1 amide bonds. The number of alkyl carbamates (subject to hydrolysis) is 1. The highest BCUT2D eigenvalue weighted by Crippen LogP contribution is 2.16. The third-order valence-electron chi connectivity index (χ3n) is 3.75. The second kappa shape index (κ2) is 8.67. The van der Waals surface area contributed by atoms with Crippen molar-refractivity contribution in [3.63, 3.8) is 0 Å². The van der Waals surface area contributed by atoms with Gasteiger partial charge in [0.2, 0.25) is 0 Å². The molecule has 0 fully saturated rings. The summed E-state index contributed by atoms with van der Waals surface area (Å²) >= 11 is 0. The van der Waals surface area contributed by atoms with Crippen LogP contribution in [-0.4, -0.2) is 32.8 Å². The minimum Gasteiger partial charge on any atom is -0.444 e. The molecule has 1 N–H and O–H groups in total. The largest absolute Gasteiger partial charge is 0.444 e. The fourth-order valence-corrected chi connectivity index (χ4v) is 2.96. The maximum Gasteiger partial charge on any atom is 0.407 e. The van der Waals surface area contributed by atoms with Crippen LogP contribution >= 0.6 is 0 Å². The predicted molar refractivity (Wildman–Crippen MR) is 96.9 cm³/mol. The van der Waals surface area contributed by atoms with Gasteiger partial charge in [0.1, 0.15) is 5.60 Å². The van der Waals surface area contributed by atoms with Gasteiger partial charge in [-0.15, -0.1) is 0 Å². The highest BCUT2D eigenvalue weighted by atomic mass is 32.2. The van der Waals surface area contributed by atoms with Gasteiger partial charge in [0.25, 0.3) is 10.1 Å². The second-order valence-electron chi connectivity index (χ2n) is 7.19. The Kier molecular flexibility index (Phi) is 7.44. The van der Waals surface area contributed by atoms with Crippen LogP contribution in [0.4, 0.5) is 4.79 Å². The second-order valence-corrected chi connectivity index (χ2v) is 8.81. The van der Waals surface area contributed by atoms with Crippen molar-refractivity contribution in [2.75, 3.05) is 6.61 Å². The molecule has 2 atom stereocenters. The first-order chi connectivity index (χ1) is 11.4. The average molecular weight is 371 g/mol. The first kappa shape index (κ1) is 21.4. The summed E-state index contributed by atoms with van der Waals surface area (Å²) in [5.74, 6) is 0.0285. The van der Waals surface area contributed by atoms with Crippen molar-refractivity contribution in [1.82, 2.24) is 5.32 Å². The molecule has 1 aromatic rings.